The zero-order valence-electron chi connectivity index (χ0n) is 18.6. The van der Waals surface area contributed by atoms with Crippen molar-refractivity contribution in [2.24, 2.45) is 0 Å². The number of unbranched alkanes of at least 4 members (excludes halogenated alkanes) is 3. The largest absolute Gasteiger partial charge is 0.494 e. The number of hydrogen-bond acceptors (Lipinski definition) is 5. The molecule has 0 fully saturated rings. The summed E-state index contributed by atoms with van der Waals surface area (Å²) in [7, 11) is 1.59. The Bertz CT molecular complexity index is 1140. The molecule has 32 heavy (non-hydrogen) atoms. The van der Waals surface area contributed by atoms with Gasteiger partial charge in [0.15, 0.2) is 5.43 Å². The summed E-state index contributed by atoms with van der Waals surface area (Å²) in [6.45, 7) is 3.59. The van der Waals surface area contributed by atoms with Gasteiger partial charge in [0.2, 0.25) is 5.76 Å². The minimum Gasteiger partial charge on any atom is -0.494 e. The number of rotatable bonds is 10. The first-order chi connectivity index (χ1) is 15.7. The summed E-state index contributed by atoms with van der Waals surface area (Å²) < 4.78 is 17.0. The number of amides is 1. The molecule has 1 aliphatic rings. The van der Waals surface area contributed by atoms with Crippen molar-refractivity contribution in [3.8, 4) is 5.75 Å². The maximum atomic E-state index is 13.4. The van der Waals surface area contributed by atoms with Crippen LogP contribution in [0.4, 0.5) is 0 Å². The van der Waals surface area contributed by atoms with Gasteiger partial charge in [-0.2, -0.15) is 0 Å². The van der Waals surface area contributed by atoms with Crippen molar-refractivity contribution in [2.45, 2.75) is 38.6 Å². The van der Waals surface area contributed by atoms with Crippen molar-refractivity contribution in [2.75, 3.05) is 26.9 Å². The van der Waals surface area contributed by atoms with Crippen LogP contribution in [0, 0.1) is 0 Å². The average molecular weight is 436 g/mol. The summed E-state index contributed by atoms with van der Waals surface area (Å²) in [6.07, 6.45) is 4.60. The molecule has 1 aliphatic heterocycles. The maximum absolute atomic E-state index is 13.4. The fraction of sp³-hybridized carbons (Fsp3) is 0.385. The Kier molecular flexibility index (Phi) is 6.90. The van der Waals surface area contributed by atoms with E-state index in [1.165, 1.54) is 12.8 Å². The highest BCUT2D eigenvalue weighted by Gasteiger charge is 2.42. The fourth-order valence-corrected chi connectivity index (χ4v) is 4.20. The van der Waals surface area contributed by atoms with Crippen LogP contribution in [0.25, 0.3) is 11.0 Å². The van der Waals surface area contributed by atoms with Crippen molar-refractivity contribution in [1.82, 2.24) is 4.90 Å². The number of ether oxygens (including phenoxy) is 2. The maximum Gasteiger partial charge on any atom is 0.290 e. The molecule has 0 saturated heterocycles. The van der Waals surface area contributed by atoms with Crippen LogP contribution in [0.3, 0.4) is 0 Å². The highest BCUT2D eigenvalue weighted by Crippen LogP contribution is 2.38. The van der Waals surface area contributed by atoms with Gasteiger partial charge >= 0.3 is 0 Å². The van der Waals surface area contributed by atoms with Crippen LogP contribution >= 0.6 is 0 Å². The van der Waals surface area contributed by atoms with Gasteiger partial charge in [-0.25, -0.2) is 0 Å². The summed E-state index contributed by atoms with van der Waals surface area (Å²) in [5.74, 6) is 0.607. The Morgan fingerprint density at radius 3 is 2.50 bits per heavy atom. The highest BCUT2D eigenvalue weighted by molar-refractivity contribution is 5.99. The lowest BCUT2D eigenvalue weighted by molar-refractivity contribution is 0.0663. The number of carbonyl (C=O) groups excluding carboxylic acids is 1. The molecule has 0 N–H and O–H groups in total. The van der Waals surface area contributed by atoms with Crippen LogP contribution < -0.4 is 10.2 Å². The minimum atomic E-state index is -0.521. The number of nitrogens with zero attached hydrogens (tertiary/aromatic N) is 1. The van der Waals surface area contributed by atoms with Crippen LogP contribution in [0.2, 0.25) is 0 Å². The van der Waals surface area contributed by atoms with Gasteiger partial charge in [-0.05, 0) is 36.2 Å². The molecule has 2 heterocycles. The van der Waals surface area contributed by atoms with E-state index < -0.39 is 6.04 Å². The molecule has 1 unspecified atom stereocenters. The first-order valence-electron chi connectivity index (χ1n) is 11.2. The average Bonchev–Trinajstić information content (AvgIpc) is 3.10. The molecule has 0 spiro atoms. The number of fused-ring (bicyclic) bond motifs is 2. The second-order valence-corrected chi connectivity index (χ2v) is 8.04. The van der Waals surface area contributed by atoms with Crippen LogP contribution in [0.1, 0.15) is 60.3 Å². The summed E-state index contributed by atoms with van der Waals surface area (Å²) in [5, 5.41) is 0.477. The topological polar surface area (TPSA) is 69.0 Å². The number of carbonyl (C=O) groups is 1. The van der Waals surface area contributed by atoms with E-state index in [-0.39, 0.29) is 17.1 Å². The molecule has 0 radical (unpaired) electrons. The molecule has 0 saturated carbocycles. The van der Waals surface area contributed by atoms with E-state index in [0.717, 1.165) is 24.2 Å². The van der Waals surface area contributed by atoms with Gasteiger partial charge in [-0.15, -0.1) is 0 Å². The SMILES string of the molecule is CCCCCCOc1ccc(C2c3c(oc4ccccc4c3=O)C(=O)N2CCOC)cc1. The molecule has 1 amide bonds. The summed E-state index contributed by atoms with van der Waals surface area (Å²) in [6, 6.07) is 14.1. The first-order valence-corrected chi connectivity index (χ1v) is 11.2. The lowest BCUT2D eigenvalue weighted by Crippen LogP contribution is -2.32. The molecule has 4 rings (SSSR count). The number of hydrogen-bond donors (Lipinski definition) is 0. The highest BCUT2D eigenvalue weighted by atomic mass is 16.5. The van der Waals surface area contributed by atoms with Gasteiger partial charge in [0.05, 0.1) is 30.2 Å². The zero-order chi connectivity index (χ0) is 22.5. The monoisotopic (exact) mass is 435 g/mol. The first kappa shape index (κ1) is 22.1. The Hall–Kier alpha value is -3.12. The Morgan fingerprint density at radius 2 is 1.75 bits per heavy atom. The molecule has 6 heteroatoms. The van der Waals surface area contributed by atoms with E-state index in [4.69, 9.17) is 13.9 Å². The van der Waals surface area contributed by atoms with Gasteiger partial charge in [0.1, 0.15) is 11.3 Å². The number of para-hydroxylation sites is 1. The smallest absolute Gasteiger partial charge is 0.290 e. The van der Waals surface area contributed by atoms with E-state index in [9.17, 15) is 9.59 Å². The van der Waals surface area contributed by atoms with E-state index in [1.54, 1.807) is 36.3 Å². The third kappa shape index (κ3) is 4.28. The molecule has 2 aromatic carbocycles. The molecule has 168 valence electrons. The van der Waals surface area contributed by atoms with Gasteiger partial charge in [-0.1, -0.05) is 50.5 Å². The summed E-state index contributed by atoms with van der Waals surface area (Å²) in [5.41, 5.74) is 1.48. The normalized spacial score (nSPS) is 15.4. The van der Waals surface area contributed by atoms with Crippen LogP contribution in [-0.4, -0.2) is 37.7 Å². The summed E-state index contributed by atoms with van der Waals surface area (Å²) >= 11 is 0. The quantitative estimate of drug-likeness (QED) is 0.422. The fourth-order valence-electron chi connectivity index (χ4n) is 4.20. The summed E-state index contributed by atoms with van der Waals surface area (Å²) in [4.78, 5) is 28.2. The number of benzene rings is 2. The van der Waals surface area contributed by atoms with Crippen LogP contribution in [0.5, 0.6) is 5.75 Å². The third-order valence-corrected chi connectivity index (χ3v) is 5.87. The second kappa shape index (κ2) is 10.0. The van der Waals surface area contributed by atoms with E-state index >= 15 is 0 Å². The van der Waals surface area contributed by atoms with Crippen molar-refractivity contribution in [3.63, 3.8) is 0 Å². The van der Waals surface area contributed by atoms with Crippen molar-refractivity contribution < 1.29 is 18.7 Å². The minimum absolute atomic E-state index is 0.117. The van der Waals surface area contributed by atoms with Crippen LogP contribution in [0.15, 0.2) is 57.7 Å². The molecule has 0 bridgehead atoms. The Labute approximate surface area is 187 Å². The second-order valence-electron chi connectivity index (χ2n) is 8.04. The predicted molar refractivity (Wildman–Crippen MR) is 123 cm³/mol. The molecule has 6 nitrogen and oxygen atoms in total. The van der Waals surface area contributed by atoms with Gasteiger partial charge < -0.3 is 18.8 Å². The lowest BCUT2D eigenvalue weighted by Gasteiger charge is -2.25. The lowest BCUT2D eigenvalue weighted by atomic mass is 9.98. The standard InChI is InChI=1S/C26H29NO5/c1-3-4-5-8-16-31-19-13-11-18(12-14-19)23-22-24(28)20-9-6-7-10-21(20)32-25(22)26(29)27(23)15-17-30-2/h6-7,9-14,23H,3-5,8,15-17H2,1-2H3. The van der Waals surface area contributed by atoms with Gasteiger partial charge in [-0.3, -0.25) is 9.59 Å². The van der Waals surface area contributed by atoms with Gasteiger partial charge in [0, 0.05) is 13.7 Å². The van der Waals surface area contributed by atoms with E-state index in [0.29, 0.717) is 36.3 Å². The molecule has 1 atom stereocenters. The molecular weight excluding hydrogens is 406 g/mol. The van der Waals surface area contributed by atoms with Crippen LogP contribution in [-0.2, 0) is 4.74 Å². The van der Waals surface area contributed by atoms with Gasteiger partial charge in [0.25, 0.3) is 5.91 Å². The van der Waals surface area contributed by atoms with E-state index in [2.05, 4.69) is 6.92 Å². The van der Waals surface area contributed by atoms with E-state index in [1.807, 2.05) is 24.3 Å². The molecular formula is C26H29NO5. The third-order valence-electron chi connectivity index (χ3n) is 5.87. The number of methoxy groups -OCH3 is 1. The zero-order valence-corrected chi connectivity index (χ0v) is 18.6. The molecule has 1 aromatic heterocycles. The molecule has 0 aliphatic carbocycles. The van der Waals surface area contributed by atoms with Crippen molar-refractivity contribution >= 4 is 16.9 Å². The van der Waals surface area contributed by atoms with Crippen molar-refractivity contribution in [3.05, 3.63) is 75.6 Å². The van der Waals surface area contributed by atoms with Crippen molar-refractivity contribution in [1.29, 1.82) is 0 Å². The predicted octanol–water partition coefficient (Wildman–Crippen LogP) is 4.94. The Morgan fingerprint density at radius 1 is 0.969 bits per heavy atom. The molecule has 3 aromatic rings. The Balaban J connectivity index is 1.66.